The largest absolute Gasteiger partial charge is 0.361 e. The van der Waals surface area contributed by atoms with Crippen LogP contribution >= 0.6 is 11.5 Å². The van der Waals surface area contributed by atoms with E-state index in [1.807, 2.05) is 20.8 Å². The molecule has 0 amide bonds. The number of anilines is 1. The summed E-state index contributed by atoms with van der Waals surface area (Å²) in [5.74, 6) is 1.64. The smallest absolute Gasteiger partial charge is 0.203 e. The SMILES string of the molecule is Cc1nsc(NC(C)c2c(C)noc2C)n1. The van der Waals surface area contributed by atoms with E-state index < -0.39 is 0 Å². The van der Waals surface area contributed by atoms with E-state index in [0.29, 0.717) is 0 Å². The molecular weight excluding hydrogens is 224 g/mol. The molecule has 0 radical (unpaired) electrons. The van der Waals surface area contributed by atoms with Crippen molar-refractivity contribution in [2.45, 2.75) is 33.7 Å². The Morgan fingerprint density at radius 2 is 2.06 bits per heavy atom. The second-order valence-corrected chi connectivity index (χ2v) is 4.50. The monoisotopic (exact) mass is 238 g/mol. The van der Waals surface area contributed by atoms with Crippen LogP contribution in [-0.2, 0) is 0 Å². The fourth-order valence-corrected chi connectivity index (χ4v) is 2.38. The van der Waals surface area contributed by atoms with E-state index in [4.69, 9.17) is 4.52 Å². The molecule has 0 aromatic carbocycles. The third kappa shape index (κ3) is 2.06. The van der Waals surface area contributed by atoms with Crippen LogP contribution in [0.15, 0.2) is 4.52 Å². The van der Waals surface area contributed by atoms with Crippen LogP contribution in [0.4, 0.5) is 5.13 Å². The van der Waals surface area contributed by atoms with Crippen molar-refractivity contribution < 1.29 is 4.52 Å². The highest BCUT2D eigenvalue weighted by Crippen LogP contribution is 2.25. The summed E-state index contributed by atoms with van der Waals surface area (Å²) in [5, 5.41) is 8.05. The van der Waals surface area contributed by atoms with Gasteiger partial charge in [-0.15, -0.1) is 0 Å². The number of hydrogen-bond donors (Lipinski definition) is 1. The summed E-state index contributed by atoms with van der Waals surface area (Å²) >= 11 is 1.36. The molecule has 0 bridgehead atoms. The van der Waals surface area contributed by atoms with E-state index >= 15 is 0 Å². The van der Waals surface area contributed by atoms with Gasteiger partial charge in [-0.3, -0.25) is 0 Å². The standard InChI is InChI=1S/C10H14N4OS/c1-5(9-6(2)13-15-7(9)3)11-10-12-8(4)14-16-10/h5H,1-4H3,(H,11,12,14). The molecule has 0 aliphatic rings. The van der Waals surface area contributed by atoms with Crippen molar-refractivity contribution in [1.82, 2.24) is 14.5 Å². The fraction of sp³-hybridized carbons (Fsp3) is 0.500. The highest BCUT2D eigenvalue weighted by Gasteiger charge is 2.17. The molecule has 5 nitrogen and oxygen atoms in total. The zero-order chi connectivity index (χ0) is 11.7. The van der Waals surface area contributed by atoms with Crippen LogP contribution in [0.2, 0.25) is 0 Å². The zero-order valence-electron chi connectivity index (χ0n) is 9.74. The van der Waals surface area contributed by atoms with Crippen LogP contribution in [0.3, 0.4) is 0 Å². The lowest BCUT2D eigenvalue weighted by Gasteiger charge is -2.11. The molecule has 2 rings (SSSR count). The van der Waals surface area contributed by atoms with Gasteiger partial charge >= 0.3 is 0 Å². The van der Waals surface area contributed by atoms with Gasteiger partial charge in [0.25, 0.3) is 0 Å². The van der Waals surface area contributed by atoms with Gasteiger partial charge in [-0.25, -0.2) is 4.98 Å². The van der Waals surface area contributed by atoms with Gasteiger partial charge in [0.1, 0.15) is 11.6 Å². The third-order valence-electron chi connectivity index (χ3n) is 2.39. The Labute approximate surface area is 98.0 Å². The Morgan fingerprint density at radius 1 is 1.31 bits per heavy atom. The van der Waals surface area contributed by atoms with E-state index in [1.54, 1.807) is 0 Å². The lowest BCUT2D eigenvalue weighted by atomic mass is 10.1. The first-order valence-corrected chi connectivity index (χ1v) is 5.85. The van der Waals surface area contributed by atoms with Gasteiger partial charge in [0.2, 0.25) is 5.13 Å². The molecule has 86 valence electrons. The molecule has 16 heavy (non-hydrogen) atoms. The maximum Gasteiger partial charge on any atom is 0.203 e. The van der Waals surface area contributed by atoms with E-state index in [-0.39, 0.29) is 6.04 Å². The molecule has 1 N–H and O–H groups in total. The molecule has 1 atom stereocenters. The van der Waals surface area contributed by atoms with Crippen LogP contribution in [0.5, 0.6) is 0 Å². The number of aromatic nitrogens is 3. The van der Waals surface area contributed by atoms with Crippen molar-refractivity contribution >= 4 is 16.7 Å². The molecule has 0 saturated heterocycles. The zero-order valence-corrected chi connectivity index (χ0v) is 10.6. The van der Waals surface area contributed by atoms with Crippen molar-refractivity contribution in [3.63, 3.8) is 0 Å². The molecule has 2 aromatic rings. The predicted molar refractivity (Wildman–Crippen MR) is 62.7 cm³/mol. The second kappa shape index (κ2) is 4.21. The van der Waals surface area contributed by atoms with Crippen molar-refractivity contribution in [2.75, 3.05) is 5.32 Å². The Bertz CT molecular complexity index is 471. The minimum absolute atomic E-state index is 0.124. The average Bonchev–Trinajstić information content (AvgIpc) is 2.74. The van der Waals surface area contributed by atoms with Gasteiger partial charge in [-0.1, -0.05) is 5.16 Å². The first-order valence-electron chi connectivity index (χ1n) is 5.07. The number of nitrogens with zero attached hydrogens (tertiary/aromatic N) is 3. The molecule has 0 aliphatic heterocycles. The quantitative estimate of drug-likeness (QED) is 0.890. The van der Waals surface area contributed by atoms with Crippen molar-refractivity contribution in [1.29, 1.82) is 0 Å². The summed E-state index contributed by atoms with van der Waals surface area (Å²) in [6.45, 7) is 7.79. The van der Waals surface area contributed by atoms with Gasteiger partial charge in [0.15, 0.2) is 0 Å². The summed E-state index contributed by atoms with van der Waals surface area (Å²) in [6.07, 6.45) is 0. The normalized spacial score (nSPS) is 12.8. The average molecular weight is 238 g/mol. The van der Waals surface area contributed by atoms with E-state index in [0.717, 1.165) is 28.0 Å². The lowest BCUT2D eigenvalue weighted by Crippen LogP contribution is -2.08. The minimum atomic E-state index is 0.124. The van der Waals surface area contributed by atoms with E-state index in [9.17, 15) is 0 Å². The molecule has 6 heteroatoms. The molecule has 0 aliphatic carbocycles. The summed E-state index contributed by atoms with van der Waals surface area (Å²) in [6, 6.07) is 0.124. The van der Waals surface area contributed by atoms with Gasteiger partial charge in [-0.2, -0.15) is 4.37 Å². The van der Waals surface area contributed by atoms with Gasteiger partial charge in [-0.05, 0) is 27.7 Å². The van der Waals surface area contributed by atoms with Gasteiger partial charge in [0, 0.05) is 17.1 Å². The Hall–Kier alpha value is -1.43. The van der Waals surface area contributed by atoms with E-state index in [1.165, 1.54) is 11.5 Å². The first kappa shape index (κ1) is 11.1. The molecule has 0 saturated carbocycles. The molecular formula is C10H14N4OS. The van der Waals surface area contributed by atoms with Gasteiger partial charge < -0.3 is 9.84 Å². The highest BCUT2D eigenvalue weighted by molar-refractivity contribution is 7.09. The topological polar surface area (TPSA) is 63.8 Å². The Morgan fingerprint density at radius 3 is 2.56 bits per heavy atom. The Kier molecular flexibility index (Phi) is 2.91. The lowest BCUT2D eigenvalue weighted by molar-refractivity contribution is 0.392. The minimum Gasteiger partial charge on any atom is -0.361 e. The van der Waals surface area contributed by atoms with Crippen molar-refractivity contribution in [3.05, 3.63) is 22.8 Å². The maximum atomic E-state index is 5.14. The number of nitrogens with one attached hydrogen (secondary N) is 1. The summed E-state index contributed by atoms with van der Waals surface area (Å²) in [4.78, 5) is 4.27. The first-order chi connectivity index (χ1) is 7.58. The number of aryl methyl sites for hydroxylation is 3. The summed E-state index contributed by atoms with van der Waals surface area (Å²) in [7, 11) is 0. The van der Waals surface area contributed by atoms with Crippen LogP contribution in [0.1, 0.15) is 35.8 Å². The summed E-state index contributed by atoms with van der Waals surface area (Å²) < 4.78 is 9.26. The number of rotatable bonds is 3. The highest BCUT2D eigenvalue weighted by atomic mass is 32.1. The fourth-order valence-electron chi connectivity index (χ4n) is 1.72. The van der Waals surface area contributed by atoms with Crippen molar-refractivity contribution in [2.24, 2.45) is 0 Å². The van der Waals surface area contributed by atoms with Crippen LogP contribution < -0.4 is 5.32 Å². The third-order valence-corrected chi connectivity index (χ3v) is 3.13. The molecule has 2 aromatic heterocycles. The molecule has 0 fully saturated rings. The molecule has 0 spiro atoms. The molecule has 2 heterocycles. The van der Waals surface area contributed by atoms with Crippen LogP contribution in [-0.4, -0.2) is 14.5 Å². The van der Waals surface area contributed by atoms with Gasteiger partial charge in [0.05, 0.1) is 11.7 Å². The number of hydrogen-bond acceptors (Lipinski definition) is 6. The summed E-state index contributed by atoms with van der Waals surface area (Å²) in [5.41, 5.74) is 2.01. The predicted octanol–water partition coefficient (Wildman–Crippen LogP) is 2.62. The van der Waals surface area contributed by atoms with Crippen molar-refractivity contribution in [3.8, 4) is 0 Å². The second-order valence-electron chi connectivity index (χ2n) is 3.75. The van der Waals surface area contributed by atoms with Crippen LogP contribution in [0.25, 0.3) is 0 Å². The van der Waals surface area contributed by atoms with E-state index in [2.05, 4.69) is 26.8 Å². The molecule has 1 unspecified atom stereocenters. The maximum absolute atomic E-state index is 5.14. The Balaban J connectivity index is 2.17. The van der Waals surface area contributed by atoms with Crippen LogP contribution in [0, 0.1) is 20.8 Å².